The number of ether oxygens (including phenoxy) is 1. The molecule has 1 aromatic heterocycles. The Kier molecular flexibility index (Phi) is 3.79. The van der Waals surface area contributed by atoms with Crippen molar-refractivity contribution in [2.24, 2.45) is 5.73 Å². The van der Waals surface area contributed by atoms with Crippen LogP contribution in [0.2, 0.25) is 0 Å². The molecule has 2 N–H and O–H groups in total. The molecule has 0 atom stereocenters. The molecule has 2 aromatic rings. The smallest absolute Gasteiger partial charge is 0.248 e. The van der Waals surface area contributed by atoms with Gasteiger partial charge in [-0.25, -0.2) is 4.39 Å². The number of benzene rings is 1. The summed E-state index contributed by atoms with van der Waals surface area (Å²) in [5.41, 5.74) is 5.56. The summed E-state index contributed by atoms with van der Waals surface area (Å²) in [7, 11) is 0. The number of aryl methyl sites for hydroxylation is 1. The number of carbonyl (C=O) groups is 1. The zero-order chi connectivity index (χ0) is 13.8. The molecule has 0 radical (unpaired) electrons. The van der Waals surface area contributed by atoms with Gasteiger partial charge < -0.3 is 10.5 Å². The van der Waals surface area contributed by atoms with Crippen LogP contribution in [-0.2, 0) is 13.2 Å². The van der Waals surface area contributed by atoms with Crippen molar-refractivity contribution in [2.45, 2.75) is 20.1 Å². The standard InChI is InChI=1S/C13H14FN3O2/c1-2-17-7-11(6-16-17)19-8-10-4-3-9(13(15)18)5-12(10)14/h3-7H,2,8H2,1H3,(H2,15,18). The molecular formula is C13H14FN3O2. The first-order valence-electron chi connectivity index (χ1n) is 5.83. The summed E-state index contributed by atoms with van der Waals surface area (Å²) in [4.78, 5) is 10.9. The van der Waals surface area contributed by atoms with Crippen LogP contribution in [0.4, 0.5) is 4.39 Å². The molecule has 6 heteroatoms. The number of halogens is 1. The molecule has 1 heterocycles. The third-order valence-electron chi connectivity index (χ3n) is 2.67. The molecule has 0 aliphatic rings. The van der Waals surface area contributed by atoms with Crippen LogP contribution < -0.4 is 10.5 Å². The second-order valence-electron chi connectivity index (χ2n) is 3.99. The Labute approximate surface area is 109 Å². The number of primary amides is 1. The van der Waals surface area contributed by atoms with E-state index in [1.165, 1.54) is 12.1 Å². The quantitative estimate of drug-likeness (QED) is 0.892. The number of hydrogen-bond acceptors (Lipinski definition) is 3. The van der Waals surface area contributed by atoms with Crippen molar-refractivity contribution in [3.8, 4) is 5.75 Å². The van der Waals surface area contributed by atoms with Gasteiger partial charge in [0.05, 0.1) is 12.4 Å². The number of nitrogens with two attached hydrogens (primary N) is 1. The van der Waals surface area contributed by atoms with Crippen molar-refractivity contribution in [2.75, 3.05) is 0 Å². The number of nitrogens with zero attached hydrogens (tertiary/aromatic N) is 2. The molecule has 0 aliphatic carbocycles. The van der Waals surface area contributed by atoms with Gasteiger partial charge in [-0.15, -0.1) is 0 Å². The van der Waals surface area contributed by atoms with Crippen molar-refractivity contribution in [3.63, 3.8) is 0 Å². The van der Waals surface area contributed by atoms with Crippen LogP contribution in [0.15, 0.2) is 30.6 Å². The molecule has 5 nitrogen and oxygen atoms in total. The lowest BCUT2D eigenvalue weighted by molar-refractivity contribution is 0.0999. The average molecular weight is 263 g/mol. The first-order valence-corrected chi connectivity index (χ1v) is 5.83. The molecule has 0 bridgehead atoms. The summed E-state index contributed by atoms with van der Waals surface area (Å²) in [5, 5.41) is 4.04. The highest BCUT2D eigenvalue weighted by atomic mass is 19.1. The Morgan fingerprint density at radius 3 is 2.89 bits per heavy atom. The van der Waals surface area contributed by atoms with E-state index in [2.05, 4.69) is 5.10 Å². The Balaban J connectivity index is 2.05. The Morgan fingerprint density at radius 1 is 1.53 bits per heavy atom. The molecular weight excluding hydrogens is 249 g/mol. The molecule has 2 rings (SSSR count). The van der Waals surface area contributed by atoms with Gasteiger partial charge in [-0.1, -0.05) is 6.07 Å². The highest BCUT2D eigenvalue weighted by Gasteiger charge is 2.08. The zero-order valence-corrected chi connectivity index (χ0v) is 10.5. The summed E-state index contributed by atoms with van der Waals surface area (Å²) in [6.45, 7) is 2.77. The number of hydrogen-bond donors (Lipinski definition) is 1. The molecule has 0 unspecified atom stereocenters. The number of rotatable bonds is 5. The normalized spacial score (nSPS) is 10.4. The lowest BCUT2D eigenvalue weighted by Gasteiger charge is -2.05. The van der Waals surface area contributed by atoms with Crippen LogP contribution in [0.25, 0.3) is 0 Å². The number of carbonyl (C=O) groups excluding carboxylic acids is 1. The molecule has 1 amide bonds. The van der Waals surface area contributed by atoms with Gasteiger partial charge in [-0.2, -0.15) is 5.10 Å². The topological polar surface area (TPSA) is 70.1 Å². The first kappa shape index (κ1) is 13.1. The zero-order valence-electron chi connectivity index (χ0n) is 10.5. The lowest BCUT2D eigenvalue weighted by Crippen LogP contribution is -2.11. The van der Waals surface area contributed by atoms with Crippen LogP contribution in [0.3, 0.4) is 0 Å². The minimum absolute atomic E-state index is 0.0697. The van der Waals surface area contributed by atoms with E-state index in [0.717, 1.165) is 12.6 Å². The average Bonchev–Trinajstić information content (AvgIpc) is 2.85. The minimum Gasteiger partial charge on any atom is -0.486 e. The van der Waals surface area contributed by atoms with E-state index >= 15 is 0 Å². The van der Waals surface area contributed by atoms with Crippen LogP contribution in [-0.4, -0.2) is 15.7 Å². The molecule has 0 saturated carbocycles. The maximum atomic E-state index is 13.7. The van der Waals surface area contributed by atoms with E-state index < -0.39 is 11.7 Å². The summed E-state index contributed by atoms with van der Waals surface area (Å²) >= 11 is 0. The van der Waals surface area contributed by atoms with Crippen LogP contribution in [0, 0.1) is 5.82 Å². The van der Waals surface area contributed by atoms with Crippen molar-refractivity contribution < 1.29 is 13.9 Å². The predicted molar refractivity (Wildman–Crippen MR) is 67.2 cm³/mol. The summed E-state index contributed by atoms with van der Waals surface area (Å²) < 4.78 is 20.8. The fourth-order valence-corrected chi connectivity index (χ4v) is 1.57. The van der Waals surface area contributed by atoms with Crippen molar-refractivity contribution in [1.29, 1.82) is 0 Å². The molecule has 0 saturated heterocycles. The number of aromatic nitrogens is 2. The fourth-order valence-electron chi connectivity index (χ4n) is 1.57. The maximum Gasteiger partial charge on any atom is 0.248 e. The molecule has 100 valence electrons. The molecule has 0 spiro atoms. The molecule has 19 heavy (non-hydrogen) atoms. The van der Waals surface area contributed by atoms with E-state index in [-0.39, 0.29) is 12.2 Å². The van der Waals surface area contributed by atoms with E-state index in [1.54, 1.807) is 17.1 Å². The van der Waals surface area contributed by atoms with Crippen LogP contribution in [0.1, 0.15) is 22.8 Å². The van der Waals surface area contributed by atoms with Gasteiger partial charge in [-0.3, -0.25) is 9.48 Å². The second kappa shape index (κ2) is 5.51. The highest BCUT2D eigenvalue weighted by Crippen LogP contribution is 2.15. The Morgan fingerprint density at radius 2 is 2.32 bits per heavy atom. The third-order valence-corrected chi connectivity index (χ3v) is 2.67. The Bertz CT molecular complexity index is 595. The van der Waals surface area contributed by atoms with Gasteiger partial charge in [0, 0.05) is 17.7 Å². The van der Waals surface area contributed by atoms with Crippen LogP contribution in [0.5, 0.6) is 5.75 Å². The monoisotopic (exact) mass is 263 g/mol. The van der Waals surface area contributed by atoms with E-state index in [9.17, 15) is 9.18 Å². The van der Waals surface area contributed by atoms with Gasteiger partial charge in [0.15, 0.2) is 5.75 Å². The van der Waals surface area contributed by atoms with E-state index in [0.29, 0.717) is 11.3 Å². The summed E-state index contributed by atoms with van der Waals surface area (Å²) in [6.07, 6.45) is 3.30. The van der Waals surface area contributed by atoms with Gasteiger partial charge >= 0.3 is 0 Å². The van der Waals surface area contributed by atoms with Gasteiger partial charge in [-0.05, 0) is 19.1 Å². The minimum atomic E-state index is -0.657. The predicted octanol–water partition coefficient (Wildman–Crippen LogP) is 1.72. The Hall–Kier alpha value is -2.37. The lowest BCUT2D eigenvalue weighted by atomic mass is 10.1. The van der Waals surface area contributed by atoms with Gasteiger partial charge in [0.25, 0.3) is 0 Å². The first-order chi connectivity index (χ1) is 9.10. The van der Waals surface area contributed by atoms with Gasteiger partial charge in [0.1, 0.15) is 12.4 Å². The largest absolute Gasteiger partial charge is 0.486 e. The highest BCUT2D eigenvalue weighted by molar-refractivity contribution is 5.92. The molecule has 0 fully saturated rings. The van der Waals surface area contributed by atoms with Crippen molar-refractivity contribution in [1.82, 2.24) is 9.78 Å². The molecule has 1 aromatic carbocycles. The van der Waals surface area contributed by atoms with Gasteiger partial charge in [0.2, 0.25) is 5.91 Å². The SMILES string of the molecule is CCn1cc(OCc2ccc(C(N)=O)cc2F)cn1. The second-order valence-corrected chi connectivity index (χ2v) is 3.99. The summed E-state index contributed by atoms with van der Waals surface area (Å²) in [5.74, 6) is -0.602. The van der Waals surface area contributed by atoms with E-state index in [1.807, 2.05) is 6.92 Å². The molecule has 0 aliphatic heterocycles. The van der Waals surface area contributed by atoms with Crippen molar-refractivity contribution in [3.05, 3.63) is 47.5 Å². The van der Waals surface area contributed by atoms with E-state index in [4.69, 9.17) is 10.5 Å². The van der Waals surface area contributed by atoms with Crippen molar-refractivity contribution >= 4 is 5.91 Å². The third kappa shape index (κ3) is 3.09. The number of amides is 1. The fraction of sp³-hybridized carbons (Fsp3) is 0.231. The van der Waals surface area contributed by atoms with Crippen LogP contribution >= 0.6 is 0 Å². The summed E-state index contributed by atoms with van der Waals surface area (Å²) in [6, 6.07) is 4.07. The maximum absolute atomic E-state index is 13.7.